The molecule has 106 valence electrons. The molecule has 2 aromatic heterocycles. The quantitative estimate of drug-likeness (QED) is 0.883. The van der Waals surface area contributed by atoms with Crippen LogP contribution in [0.4, 0.5) is 0 Å². The number of imidazole rings is 1. The maximum Gasteiger partial charge on any atom is 0.246 e. The van der Waals surface area contributed by atoms with E-state index in [2.05, 4.69) is 4.98 Å². The van der Waals surface area contributed by atoms with Gasteiger partial charge in [0.1, 0.15) is 0 Å². The van der Waals surface area contributed by atoms with Gasteiger partial charge >= 0.3 is 0 Å². The number of aliphatic hydroxyl groups is 1. The number of hydrogen-bond donors (Lipinski definition) is 1. The molecule has 0 unspecified atom stereocenters. The summed E-state index contributed by atoms with van der Waals surface area (Å²) in [4.78, 5) is 18.9. The number of carbonyl (C=O) groups is 1. The first-order chi connectivity index (χ1) is 9.70. The molecule has 1 amide bonds. The molecule has 2 aromatic rings. The number of fused-ring (bicyclic) bond motifs is 1. The highest BCUT2D eigenvalue weighted by atomic mass is 35.5. The number of thiazole rings is 1. The topological polar surface area (TPSA) is 57.8 Å². The molecule has 3 rings (SSSR count). The van der Waals surface area contributed by atoms with E-state index in [9.17, 15) is 9.90 Å². The number of aliphatic hydroxyl groups excluding tert-OH is 1. The molecule has 1 N–H and O–H groups in total. The fourth-order valence-electron chi connectivity index (χ4n) is 2.49. The molecule has 1 saturated heterocycles. The molecule has 1 atom stereocenters. The third-order valence-corrected chi connectivity index (χ3v) is 4.54. The Morgan fingerprint density at radius 2 is 2.50 bits per heavy atom. The minimum absolute atomic E-state index is 0.0157. The second kappa shape index (κ2) is 5.55. The van der Waals surface area contributed by atoms with Gasteiger partial charge < -0.3 is 10.0 Å². The van der Waals surface area contributed by atoms with Gasteiger partial charge in [-0.05, 0) is 18.9 Å². The third-order valence-electron chi connectivity index (χ3n) is 3.51. The standard InChI is InChI=1S/C13H14ClN3O2S/c14-12-10(17-6-7-20-13(17)15-12)3-4-11(19)16-5-1-2-9(16)8-18/h3-4,6-7,9,18H,1-2,5,8H2/t9-/m0/s1. The smallest absolute Gasteiger partial charge is 0.246 e. The first-order valence-corrected chi connectivity index (χ1v) is 7.67. The SMILES string of the molecule is O=C(C=Cc1c(Cl)nc2sccn12)N1CCC[C@H]1CO. The Balaban J connectivity index is 1.81. The lowest BCUT2D eigenvalue weighted by Crippen LogP contribution is -2.36. The summed E-state index contributed by atoms with van der Waals surface area (Å²) in [6.07, 6.45) is 6.85. The number of rotatable bonds is 3. The molecule has 0 aliphatic carbocycles. The Kier molecular flexibility index (Phi) is 3.78. The number of halogens is 1. The minimum Gasteiger partial charge on any atom is -0.394 e. The van der Waals surface area contributed by atoms with Gasteiger partial charge in [0.05, 0.1) is 18.3 Å². The fourth-order valence-corrected chi connectivity index (χ4v) is 3.49. The Labute approximate surface area is 125 Å². The van der Waals surface area contributed by atoms with Crippen LogP contribution in [0.1, 0.15) is 18.5 Å². The van der Waals surface area contributed by atoms with E-state index in [1.54, 1.807) is 11.0 Å². The summed E-state index contributed by atoms with van der Waals surface area (Å²) in [6.45, 7) is 0.712. The van der Waals surface area contributed by atoms with Crippen LogP contribution in [-0.4, -0.2) is 44.5 Å². The van der Waals surface area contributed by atoms with Crippen LogP contribution in [0.15, 0.2) is 17.7 Å². The Morgan fingerprint density at radius 3 is 3.30 bits per heavy atom. The Bertz CT molecular complexity index is 664. The van der Waals surface area contributed by atoms with Crippen LogP contribution in [0.5, 0.6) is 0 Å². The largest absolute Gasteiger partial charge is 0.394 e. The zero-order valence-corrected chi connectivity index (χ0v) is 12.3. The van der Waals surface area contributed by atoms with Crippen molar-refractivity contribution in [2.75, 3.05) is 13.2 Å². The summed E-state index contributed by atoms with van der Waals surface area (Å²) in [6, 6.07) is -0.0609. The van der Waals surface area contributed by atoms with Gasteiger partial charge in [-0.1, -0.05) is 11.6 Å². The number of nitrogens with zero attached hydrogens (tertiary/aromatic N) is 3. The first kappa shape index (κ1) is 13.6. The molecule has 7 heteroatoms. The highest BCUT2D eigenvalue weighted by molar-refractivity contribution is 7.15. The molecular weight excluding hydrogens is 298 g/mol. The average Bonchev–Trinajstić information content (AvgIpc) is 3.11. The van der Waals surface area contributed by atoms with Crippen molar-refractivity contribution in [2.45, 2.75) is 18.9 Å². The zero-order chi connectivity index (χ0) is 14.1. The van der Waals surface area contributed by atoms with Gasteiger partial charge in [-0.25, -0.2) is 4.98 Å². The maximum absolute atomic E-state index is 12.2. The molecule has 0 bridgehead atoms. The van der Waals surface area contributed by atoms with Crippen LogP contribution in [0.3, 0.4) is 0 Å². The molecule has 20 heavy (non-hydrogen) atoms. The molecule has 5 nitrogen and oxygen atoms in total. The molecule has 1 aliphatic heterocycles. The van der Waals surface area contributed by atoms with Crippen molar-refractivity contribution in [1.82, 2.24) is 14.3 Å². The van der Waals surface area contributed by atoms with E-state index in [0.29, 0.717) is 17.4 Å². The summed E-state index contributed by atoms with van der Waals surface area (Å²) in [5.41, 5.74) is 0.705. The first-order valence-electron chi connectivity index (χ1n) is 6.41. The van der Waals surface area contributed by atoms with Gasteiger partial charge in [0.25, 0.3) is 0 Å². The second-order valence-corrected chi connectivity index (χ2v) is 5.92. The van der Waals surface area contributed by atoms with Crippen LogP contribution in [-0.2, 0) is 4.79 Å². The van der Waals surface area contributed by atoms with Crippen molar-refractivity contribution in [2.24, 2.45) is 0 Å². The molecular formula is C13H14ClN3O2S. The van der Waals surface area contributed by atoms with Crippen molar-refractivity contribution in [1.29, 1.82) is 0 Å². The van der Waals surface area contributed by atoms with Gasteiger partial charge in [0, 0.05) is 24.2 Å². The second-order valence-electron chi connectivity index (χ2n) is 4.69. The highest BCUT2D eigenvalue weighted by Gasteiger charge is 2.26. The molecule has 0 spiro atoms. The van der Waals surface area contributed by atoms with Crippen LogP contribution in [0.2, 0.25) is 5.15 Å². The summed E-state index contributed by atoms with van der Waals surface area (Å²) < 4.78 is 1.85. The van der Waals surface area contributed by atoms with Gasteiger partial charge in [0.2, 0.25) is 5.91 Å². The monoisotopic (exact) mass is 311 g/mol. The average molecular weight is 312 g/mol. The zero-order valence-electron chi connectivity index (χ0n) is 10.7. The van der Waals surface area contributed by atoms with Crippen molar-refractivity contribution in [3.05, 3.63) is 28.5 Å². The fraction of sp³-hybridized carbons (Fsp3) is 0.385. The van der Waals surface area contributed by atoms with Crippen molar-refractivity contribution >= 4 is 39.9 Å². The summed E-state index contributed by atoms with van der Waals surface area (Å²) >= 11 is 7.56. The predicted octanol–water partition coefficient (Wildman–Crippen LogP) is 2.05. The van der Waals surface area contributed by atoms with Gasteiger partial charge in [0.15, 0.2) is 10.1 Å². The lowest BCUT2D eigenvalue weighted by molar-refractivity contribution is -0.127. The molecule has 0 aromatic carbocycles. The summed E-state index contributed by atoms with van der Waals surface area (Å²) in [5, 5.41) is 11.5. The Morgan fingerprint density at radius 1 is 1.65 bits per heavy atom. The lowest BCUT2D eigenvalue weighted by atomic mass is 10.2. The molecule has 0 saturated carbocycles. The number of carbonyl (C=O) groups excluding carboxylic acids is 1. The van der Waals surface area contributed by atoms with E-state index in [1.165, 1.54) is 17.4 Å². The molecule has 1 aliphatic rings. The van der Waals surface area contributed by atoms with E-state index in [1.807, 2.05) is 16.0 Å². The lowest BCUT2D eigenvalue weighted by Gasteiger charge is -2.21. The van der Waals surface area contributed by atoms with E-state index in [0.717, 1.165) is 17.8 Å². The van der Waals surface area contributed by atoms with Crippen molar-refractivity contribution < 1.29 is 9.90 Å². The molecule has 3 heterocycles. The van der Waals surface area contributed by atoms with Crippen LogP contribution < -0.4 is 0 Å². The highest BCUT2D eigenvalue weighted by Crippen LogP contribution is 2.23. The van der Waals surface area contributed by atoms with Crippen molar-refractivity contribution in [3.63, 3.8) is 0 Å². The van der Waals surface area contributed by atoms with E-state index in [4.69, 9.17) is 11.6 Å². The van der Waals surface area contributed by atoms with E-state index >= 15 is 0 Å². The van der Waals surface area contributed by atoms with Crippen LogP contribution >= 0.6 is 22.9 Å². The number of amides is 1. The Hall–Kier alpha value is -1.37. The minimum atomic E-state index is -0.0946. The van der Waals surface area contributed by atoms with Gasteiger partial charge in [-0.3, -0.25) is 9.20 Å². The number of aromatic nitrogens is 2. The van der Waals surface area contributed by atoms with Gasteiger partial charge in [-0.2, -0.15) is 0 Å². The van der Waals surface area contributed by atoms with E-state index in [-0.39, 0.29) is 18.6 Å². The maximum atomic E-state index is 12.2. The molecule has 0 radical (unpaired) electrons. The van der Waals surface area contributed by atoms with E-state index < -0.39 is 0 Å². The predicted molar refractivity (Wildman–Crippen MR) is 78.9 cm³/mol. The third kappa shape index (κ3) is 2.34. The van der Waals surface area contributed by atoms with Crippen molar-refractivity contribution in [3.8, 4) is 0 Å². The normalized spacial score (nSPS) is 19.5. The summed E-state index contributed by atoms with van der Waals surface area (Å²) in [5.74, 6) is -0.0946. The van der Waals surface area contributed by atoms with Crippen LogP contribution in [0.25, 0.3) is 11.0 Å². The summed E-state index contributed by atoms with van der Waals surface area (Å²) in [7, 11) is 0. The number of likely N-dealkylation sites (tertiary alicyclic amines) is 1. The molecule has 1 fully saturated rings. The number of hydrogen-bond acceptors (Lipinski definition) is 4. The van der Waals surface area contributed by atoms with Crippen LogP contribution in [0, 0.1) is 0 Å². The van der Waals surface area contributed by atoms with Gasteiger partial charge in [-0.15, -0.1) is 11.3 Å².